The highest BCUT2D eigenvalue weighted by Gasteiger charge is 2.13. The van der Waals surface area contributed by atoms with Gasteiger partial charge in [-0.25, -0.2) is 9.97 Å². The summed E-state index contributed by atoms with van der Waals surface area (Å²) in [5.74, 6) is 0.299. The standard InChI is InChI=1S/C12H9N5O2S/c13-11-8(17(18)19)5-6-10(15-11)16-12-14-7-3-1-2-4-9(7)20-12/h1-6H,(H3,13,14,15,16). The van der Waals surface area contributed by atoms with Gasteiger partial charge < -0.3 is 11.1 Å². The fourth-order valence-corrected chi connectivity index (χ4v) is 2.60. The Kier molecular flexibility index (Phi) is 2.92. The molecule has 7 nitrogen and oxygen atoms in total. The first-order valence-corrected chi connectivity index (χ1v) is 6.48. The largest absolute Gasteiger partial charge is 0.378 e. The van der Waals surface area contributed by atoms with Crippen molar-refractivity contribution in [3.63, 3.8) is 0 Å². The number of nitrogens with one attached hydrogen (secondary N) is 1. The van der Waals surface area contributed by atoms with Crippen LogP contribution in [0.4, 0.5) is 22.5 Å². The van der Waals surface area contributed by atoms with Gasteiger partial charge in [-0.2, -0.15) is 0 Å². The summed E-state index contributed by atoms with van der Waals surface area (Å²) < 4.78 is 1.05. The molecule has 8 heteroatoms. The van der Waals surface area contributed by atoms with Gasteiger partial charge in [0.15, 0.2) is 5.13 Å². The fraction of sp³-hybridized carbons (Fsp3) is 0. The molecule has 20 heavy (non-hydrogen) atoms. The summed E-state index contributed by atoms with van der Waals surface area (Å²) in [6, 6.07) is 10.5. The van der Waals surface area contributed by atoms with Gasteiger partial charge >= 0.3 is 5.69 Å². The number of benzene rings is 1. The molecular weight excluding hydrogens is 278 g/mol. The second-order valence-corrected chi connectivity index (χ2v) is 5.00. The van der Waals surface area contributed by atoms with Crippen LogP contribution < -0.4 is 11.1 Å². The molecule has 1 aromatic carbocycles. The average molecular weight is 287 g/mol. The van der Waals surface area contributed by atoms with Gasteiger partial charge in [-0.3, -0.25) is 10.1 Å². The molecule has 0 saturated carbocycles. The van der Waals surface area contributed by atoms with Crippen molar-refractivity contribution in [2.75, 3.05) is 11.1 Å². The van der Waals surface area contributed by atoms with E-state index in [0.29, 0.717) is 10.9 Å². The third-order valence-electron chi connectivity index (χ3n) is 2.63. The minimum Gasteiger partial charge on any atom is -0.378 e. The van der Waals surface area contributed by atoms with Gasteiger partial charge in [0, 0.05) is 6.07 Å². The molecule has 0 spiro atoms. The number of rotatable bonds is 3. The van der Waals surface area contributed by atoms with Gasteiger partial charge in [0.05, 0.1) is 15.1 Å². The van der Waals surface area contributed by atoms with Gasteiger partial charge in [-0.15, -0.1) is 0 Å². The molecule has 0 saturated heterocycles. The monoisotopic (exact) mass is 287 g/mol. The van der Waals surface area contributed by atoms with Crippen molar-refractivity contribution >= 4 is 44.0 Å². The summed E-state index contributed by atoms with van der Waals surface area (Å²) in [4.78, 5) is 18.4. The number of thiazole rings is 1. The Balaban J connectivity index is 1.90. The molecule has 0 aliphatic rings. The number of pyridine rings is 1. The topological polar surface area (TPSA) is 107 Å². The van der Waals surface area contributed by atoms with Crippen molar-refractivity contribution in [2.24, 2.45) is 0 Å². The number of nitro groups is 1. The predicted octanol–water partition coefficient (Wildman–Crippen LogP) is 2.93. The molecule has 0 bridgehead atoms. The molecule has 3 rings (SSSR count). The molecule has 0 aliphatic heterocycles. The first-order chi connectivity index (χ1) is 9.63. The van der Waals surface area contributed by atoms with E-state index in [9.17, 15) is 10.1 Å². The maximum absolute atomic E-state index is 10.7. The molecule has 0 atom stereocenters. The van der Waals surface area contributed by atoms with E-state index < -0.39 is 4.92 Å². The number of aromatic nitrogens is 2. The first kappa shape index (κ1) is 12.3. The van der Waals surface area contributed by atoms with Crippen LogP contribution in [0.3, 0.4) is 0 Å². The molecule has 0 fully saturated rings. The van der Waals surface area contributed by atoms with Crippen LogP contribution in [0.2, 0.25) is 0 Å². The van der Waals surface area contributed by atoms with E-state index in [-0.39, 0.29) is 11.5 Å². The highest BCUT2D eigenvalue weighted by atomic mass is 32.1. The molecule has 0 amide bonds. The van der Waals surface area contributed by atoms with E-state index in [1.54, 1.807) is 0 Å². The maximum atomic E-state index is 10.7. The van der Waals surface area contributed by atoms with Crippen LogP contribution in [0.1, 0.15) is 0 Å². The molecule has 0 radical (unpaired) electrons. The molecule has 2 heterocycles. The van der Waals surface area contributed by atoms with E-state index in [1.165, 1.54) is 23.5 Å². The molecule has 3 N–H and O–H groups in total. The van der Waals surface area contributed by atoms with Crippen molar-refractivity contribution in [3.05, 3.63) is 46.5 Å². The van der Waals surface area contributed by atoms with Crippen LogP contribution in [0.5, 0.6) is 0 Å². The summed E-state index contributed by atoms with van der Waals surface area (Å²) in [6.45, 7) is 0. The van der Waals surface area contributed by atoms with E-state index in [2.05, 4.69) is 15.3 Å². The minimum absolute atomic E-state index is 0.124. The minimum atomic E-state index is -0.566. The van der Waals surface area contributed by atoms with Crippen molar-refractivity contribution in [2.45, 2.75) is 0 Å². The number of nitrogens with zero attached hydrogens (tertiary/aromatic N) is 3. The fourth-order valence-electron chi connectivity index (χ4n) is 1.73. The number of anilines is 3. The highest BCUT2D eigenvalue weighted by Crippen LogP contribution is 2.28. The average Bonchev–Trinajstić information content (AvgIpc) is 2.80. The van der Waals surface area contributed by atoms with Crippen molar-refractivity contribution in [1.82, 2.24) is 9.97 Å². The SMILES string of the molecule is Nc1nc(Nc2nc3ccccc3s2)ccc1[N+](=O)[O-]. The van der Waals surface area contributed by atoms with E-state index in [4.69, 9.17) is 5.73 Å². The van der Waals surface area contributed by atoms with Crippen molar-refractivity contribution in [1.29, 1.82) is 0 Å². The lowest BCUT2D eigenvalue weighted by Crippen LogP contribution is -2.01. The molecule has 0 unspecified atom stereocenters. The molecule has 2 aromatic heterocycles. The quantitative estimate of drug-likeness (QED) is 0.566. The Morgan fingerprint density at radius 3 is 2.70 bits per heavy atom. The zero-order valence-corrected chi connectivity index (χ0v) is 10.9. The third-order valence-corrected chi connectivity index (χ3v) is 3.58. The van der Waals surface area contributed by atoms with Crippen LogP contribution in [-0.2, 0) is 0 Å². The zero-order chi connectivity index (χ0) is 14.1. The smallest absolute Gasteiger partial charge is 0.311 e. The lowest BCUT2D eigenvalue weighted by atomic mass is 10.3. The lowest BCUT2D eigenvalue weighted by Gasteiger charge is -2.02. The van der Waals surface area contributed by atoms with Gasteiger partial charge in [0.25, 0.3) is 0 Å². The third kappa shape index (κ3) is 2.24. The van der Waals surface area contributed by atoms with Crippen LogP contribution in [0.15, 0.2) is 36.4 Å². The Labute approximate surface area is 117 Å². The summed E-state index contributed by atoms with van der Waals surface area (Å²) in [7, 11) is 0. The normalized spacial score (nSPS) is 10.6. The first-order valence-electron chi connectivity index (χ1n) is 5.67. The number of para-hydroxylation sites is 1. The van der Waals surface area contributed by atoms with Crippen molar-refractivity contribution in [3.8, 4) is 0 Å². The number of hydrogen-bond donors (Lipinski definition) is 2. The van der Waals surface area contributed by atoms with Gasteiger partial charge in [-0.1, -0.05) is 23.5 Å². The molecule has 100 valence electrons. The predicted molar refractivity (Wildman–Crippen MR) is 78.2 cm³/mol. The van der Waals surface area contributed by atoms with Gasteiger partial charge in [-0.05, 0) is 18.2 Å². The van der Waals surface area contributed by atoms with Gasteiger partial charge in [0.2, 0.25) is 5.82 Å². The number of fused-ring (bicyclic) bond motifs is 1. The van der Waals surface area contributed by atoms with Crippen LogP contribution in [0, 0.1) is 10.1 Å². The maximum Gasteiger partial charge on any atom is 0.311 e. The van der Waals surface area contributed by atoms with Gasteiger partial charge in [0.1, 0.15) is 5.82 Å². The lowest BCUT2D eigenvalue weighted by molar-refractivity contribution is -0.384. The van der Waals surface area contributed by atoms with Crippen molar-refractivity contribution < 1.29 is 4.92 Å². The zero-order valence-electron chi connectivity index (χ0n) is 10.1. The number of hydrogen-bond acceptors (Lipinski definition) is 7. The Bertz CT molecular complexity index is 768. The van der Waals surface area contributed by atoms with E-state index in [1.807, 2.05) is 24.3 Å². The van der Waals surface area contributed by atoms with Crippen LogP contribution >= 0.6 is 11.3 Å². The Hall–Kier alpha value is -2.74. The second kappa shape index (κ2) is 4.74. The highest BCUT2D eigenvalue weighted by molar-refractivity contribution is 7.22. The summed E-state index contributed by atoms with van der Waals surface area (Å²) in [5, 5.41) is 14.3. The number of nitrogen functional groups attached to an aromatic ring is 1. The van der Waals surface area contributed by atoms with Crippen LogP contribution in [0.25, 0.3) is 10.2 Å². The second-order valence-electron chi connectivity index (χ2n) is 3.97. The van der Waals surface area contributed by atoms with Crippen LogP contribution in [-0.4, -0.2) is 14.9 Å². The van der Waals surface area contributed by atoms with E-state index >= 15 is 0 Å². The molecular formula is C12H9N5O2S. The molecule has 0 aliphatic carbocycles. The summed E-state index contributed by atoms with van der Waals surface area (Å²) in [5.41, 5.74) is 6.22. The summed E-state index contributed by atoms with van der Waals surface area (Å²) in [6.07, 6.45) is 0. The number of nitrogens with two attached hydrogens (primary N) is 1. The summed E-state index contributed by atoms with van der Waals surface area (Å²) >= 11 is 1.47. The Morgan fingerprint density at radius 1 is 1.20 bits per heavy atom. The van der Waals surface area contributed by atoms with E-state index in [0.717, 1.165) is 10.2 Å². The molecule has 3 aromatic rings. The Morgan fingerprint density at radius 2 is 2.00 bits per heavy atom.